The van der Waals surface area contributed by atoms with Gasteiger partial charge < -0.3 is 4.74 Å². The molecule has 3 rings (SSSR count). The van der Waals surface area contributed by atoms with Gasteiger partial charge in [-0.05, 0) is 29.5 Å². The molecule has 22 heavy (non-hydrogen) atoms. The van der Waals surface area contributed by atoms with Crippen LogP contribution in [-0.4, -0.2) is 29.5 Å². The summed E-state index contributed by atoms with van der Waals surface area (Å²) in [7, 11) is 0. The Morgan fingerprint density at radius 3 is 2.82 bits per heavy atom. The van der Waals surface area contributed by atoms with E-state index in [1.165, 1.54) is 22.3 Å². The first-order chi connectivity index (χ1) is 10.7. The second kappa shape index (κ2) is 6.58. The van der Waals surface area contributed by atoms with E-state index in [0.717, 1.165) is 10.4 Å². The van der Waals surface area contributed by atoms with Crippen molar-refractivity contribution in [3.8, 4) is 0 Å². The molecule has 0 saturated carbocycles. The zero-order valence-electron chi connectivity index (χ0n) is 11.8. The number of nitrogens with zero attached hydrogens (tertiary/aromatic N) is 1. The van der Waals surface area contributed by atoms with Crippen molar-refractivity contribution in [1.82, 2.24) is 4.90 Å². The molecule has 112 valence electrons. The molecule has 0 unspecified atom stereocenters. The van der Waals surface area contributed by atoms with E-state index < -0.39 is 6.09 Å². The lowest BCUT2D eigenvalue weighted by atomic mass is 10.1. The molecule has 5 heteroatoms. The smallest absolute Gasteiger partial charge is 0.417 e. The van der Waals surface area contributed by atoms with E-state index in [2.05, 4.69) is 0 Å². The molecule has 2 amide bonds. The lowest BCUT2D eigenvalue weighted by Gasteiger charge is -2.17. The van der Waals surface area contributed by atoms with Crippen LogP contribution in [-0.2, 0) is 16.0 Å². The number of hydrogen-bond donors (Lipinski definition) is 0. The van der Waals surface area contributed by atoms with E-state index >= 15 is 0 Å². The summed E-state index contributed by atoms with van der Waals surface area (Å²) in [6, 6.07) is 13.4. The Morgan fingerprint density at radius 1 is 1.27 bits per heavy atom. The van der Waals surface area contributed by atoms with E-state index in [4.69, 9.17) is 4.74 Å². The van der Waals surface area contributed by atoms with Gasteiger partial charge in [-0.15, -0.1) is 11.3 Å². The first-order valence-corrected chi connectivity index (χ1v) is 7.87. The van der Waals surface area contributed by atoms with Gasteiger partial charge in [0.25, 0.3) is 5.91 Å². The fraction of sp³-hybridized carbons (Fsp3) is 0.176. The van der Waals surface area contributed by atoms with Gasteiger partial charge in [-0.1, -0.05) is 36.4 Å². The van der Waals surface area contributed by atoms with Crippen molar-refractivity contribution in [3.05, 3.63) is 64.4 Å². The number of thiophene rings is 1. The highest BCUT2D eigenvalue weighted by atomic mass is 32.1. The molecular formula is C17H15NO3S. The van der Waals surface area contributed by atoms with Crippen molar-refractivity contribution < 1.29 is 14.3 Å². The highest BCUT2D eigenvalue weighted by Gasteiger charge is 2.36. The van der Waals surface area contributed by atoms with Gasteiger partial charge in [0.2, 0.25) is 0 Å². The number of imide groups is 1. The zero-order chi connectivity index (χ0) is 15.4. The molecule has 1 aromatic heterocycles. The highest BCUT2D eigenvalue weighted by molar-refractivity contribution is 7.10. The van der Waals surface area contributed by atoms with E-state index in [9.17, 15) is 9.59 Å². The van der Waals surface area contributed by atoms with Gasteiger partial charge in [-0.2, -0.15) is 0 Å². The molecule has 1 aliphatic rings. The van der Waals surface area contributed by atoms with Crippen molar-refractivity contribution >= 4 is 29.4 Å². The Balaban J connectivity index is 1.72. The Kier molecular flexibility index (Phi) is 4.34. The summed E-state index contributed by atoms with van der Waals surface area (Å²) >= 11 is 1.54. The average Bonchev–Trinajstić information content (AvgIpc) is 3.16. The molecule has 1 aromatic carbocycles. The van der Waals surface area contributed by atoms with Crippen LogP contribution in [0.25, 0.3) is 6.08 Å². The highest BCUT2D eigenvalue weighted by Crippen LogP contribution is 2.18. The summed E-state index contributed by atoms with van der Waals surface area (Å²) in [5, 5.41) is 1.94. The molecule has 2 aromatic rings. The first kappa shape index (κ1) is 14.5. The van der Waals surface area contributed by atoms with Crippen LogP contribution in [0.15, 0.2) is 53.9 Å². The van der Waals surface area contributed by atoms with Gasteiger partial charge >= 0.3 is 6.09 Å². The number of carbonyl (C=O) groups is 2. The molecule has 4 nitrogen and oxygen atoms in total. The third-order valence-electron chi connectivity index (χ3n) is 3.45. The molecule has 1 aliphatic heterocycles. The Hall–Kier alpha value is -2.40. The summed E-state index contributed by atoms with van der Waals surface area (Å²) in [4.78, 5) is 26.3. The van der Waals surface area contributed by atoms with Crippen LogP contribution in [0.3, 0.4) is 0 Å². The van der Waals surface area contributed by atoms with Gasteiger partial charge in [0.15, 0.2) is 0 Å². The van der Waals surface area contributed by atoms with Crippen molar-refractivity contribution in [2.75, 3.05) is 6.61 Å². The lowest BCUT2D eigenvalue weighted by molar-refractivity contribution is -0.124. The van der Waals surface area contributed by atoms with Gasteiger partial charge in [0.1, 0.15) is 6.61 Å². The van der Waals surface area contributed by atoms with Crippen LogP contribution in [0.4, 0.5) is 4.79 Å². The molecule has 0 bridgehead atoms. The molecule has 1 atom stereocenters. The summed E-state index contributed by atoms with van der Waals surface area (Å²) in [6.45, 7) is 0.242. The fourth-order valence-electron chi connectivity index (χ4n) is 2.39. The predicted octanol–water partition coefficient (Wildman–Crippen LogP) is 3.35. The maximum absolute atomic E-state index is 12.3. The van der Waals surface area contributed by atoms with Crippen LogP contribution in [0, 0.1) is 0 Å². The standard InChI is InChI=1S/C17H15NO3S/c19-16(9-8-15-7-4-10-22-15)18-14(12-21-17(18)20)11-13-5-2-1-3-6-13/h1-10,14H,11-12H2/b9-8+/t14-/m1/s1. The van der Waals surface area contributed by atoms with E-state index in [1.54, 1.807) is 6.08 Å². The minimum atomic E-state index is -0.568. The number of hydrogen-bond acceptors (Lipinski definition) is 4. The van der Waals surface area contributed by atoms with Crippen LogP contribution in [0.1, 0.15) is 10.4 Å². The molecule has 2 heterocycles. The SMILES string of the molecule is O=C(/C=C/c1cccs1)N1C(=O)OC[C@H]1Cc1ccccc1. The fourth-order valence-corrected chi connectivity index (χ4v) is 3.00. The summed E-state index contributed by atoms with van der Waals surface area (Å²) < 4.78 is 5.04. The molecular weight excluding hydrogens is 298 g/mol. The number of benzene rings is 1. The largest absolute Gasteiger partial charge is 0.447 e. The van der Waals surface area contributed by atoms with E-state index in [0.29, 0.717) is 6.42 Å². The van der Waals surface area contributed by atoms with Crippen LogP contribution < -0.4 is 0 Å². The summed E-state index contributed by atoms with van der Waals surface area (Å²) in [5.74, 6) is -0.336. The summed E-state index contributed by atoms with van der Waals surface area (Å²) in [6.07, 6.45) is 3.18. The Bertz CT molecular complexity index is 679. The second-order valence-corrected chi connectivity index (χ2v) is 5.96. The van der Waals surface area contributed by atoms with Crippen molar-refractivity contribution in [3.63, 3.8) is 0 Å². The molecule has 0 spiro atoms. The molecule has 0 aliphatic carbocycles. The number of ether oxygens (including phenoxy) is 1. The maximum atomic E-state index is 12.3. The number of cyclic esters (lactones) is 1. The average molecular weight is 313 g/mol. The van der Waals surface area contributed by atoms with Crippen molar-refractivity contribution in [2.45, 2.75) is 12.5 Å². The molecule has 1 fully saturated rings. The van der Waals surface area contributed by atoms with Gasteiger partial charge in [0.05, 0.1) is 6.04 Å². The Morgan fingerprint density at radius 2 is 2.09 bits per heavy atom. The third kappa shape index (κ3) is 3.26. The van der Waals surface area contributed by atoms with Crippen LogP contribution in [0.2, 0.25) is 0 Å². The predicted molar refractivity (Wildman–Crippen MR) is 85.5 cm³/mol. The maximum Gasteiger partial charge on any atom is 0.417 e. The molecule has 1 saturated heterocycles. The third-order valence-corrected chi connectivity index (χ3v) is 4.28. The van der Waals surface area contributed by atoms with E-state index in [-0.39, 0.29) is 18.6 Å². The topological polar surface area (TPSA) is 46.6 Å². The normalized spacial score (nSPS) is 17.9. The van der Waals surface area contributed by atoms with Gasteiger partial charge in [-0.3, -0.25) is 4.79 Å². The monoisotopic (exact) mass is 313 g/mol. The number of carbonyl (C=O) groups excluding carboxylic acids is 2. The van der Waals surface area contributed by atoms with E-state index in [1.807, 2.05) is 47.8 Å². The van der Waals surface area contributed by atoms with Crippen molar-refractivity contribution in [1.29, 1.82) is 0 Å². The lowest BCUT2D eigenvalue weighted by Crippen LogP contribution is -2.39. The number of rotatable bonds is 4. The van der Waals surface area contributed by atoms with Gasteiger partial charge in [0, 0.05) is 11.0 Å². The van der Waals surface area contributed by atoms with Gasteiger partial charge in [-0.25, -0.2) is 9.69 Å². The van der Waals surface area contributed by atoms with Crippen LogP contribution >= 0.6 is 11.3 Å². The zero-order valence-corrected chi connectivity index (χ0v) is 12.7. The first-order valence-electron chi connectivity index (χ1n) is 6.99. The minimum absolute atomic E-state index is 0.242. The number of amides is 2. The van der Waals surface area contributed by atoms with Crippen molar-refractivity contribution in [2.24, 2.45) is 0 Å². The second-order valence-electron chi connectivity index (χ2n) is 4.98. The molecule has 0 radical (unpaired) electrons. The van der Waals surface area contributed by atoms with Crippen LogP contribution in [0.5, 0.6) is 0 Å². The summed E-state index contributed by atoms with van der Waals surface area (Å²) in [5.41, 5.74) is 1.07. The minimum Gasteiger partial charge on any atom is -0.447 e. The quantitative estimate of drug-likeness (QED) is 0.813. The molecule has 0 N–H and O–H groups in total. The Labute approximate surface area is 132 Å².